The number of nitrogens with zero attached hydrogens (tertiary/aromatic N) is 3. The van der Waals surface area contributed by atoms with E-state index in [0.29, 0.717) is 11.5 Å². The number of anilines is 1. The molecule has 0 saturated carbocycles. The van der Waals surface area contributed by atoms with E-state index in [4.69, 9.17) is 0 Å². The Balaban J connectivity index is 2.18. The third-order valence-electron chi connectivity index (χ3n) is 3.87. The summed E-state index contributed by atoms with van der Waals surface area (Å²) in [7, 11) is 0. The molecule has 1 aromatic heterocycles. The average molecular weight is 272 g/mol. The summed E-state index contributed by atoms with van der Waals surface area (Å²) in [4.78, 5) is 6.92. The van der Waals surface area contributed by atoms with Gasteiger partial charge in [0.2, 0.25) is 0 Å². The van der Waals surface area contributed by atoms with Crippen LogP contribution in [0.15, 0.2) is 12.1 Å². The number of aryl methyl sites for hydroxylation is 1. The van der Waals surface area contributed by atoms with E-state index >= 15 is 0 Å². The number of nitriles is 1. The monoisotopic (exact) mass is 272 g/mol. The Hall–Kier alpha value is -1.60. The second-order valence-electron chi connectivity index (χ2n) is 5.57. The van der Waals surface area contributed by atoms with Crippen LogP contribution in [0.25, 0.3) is 0 Å². The van der Waals surface area contributed by atoms with Gasteiger partial charge in [-0.2, -0.15) is 5.26 Å². The van der Waals surface area contributed by atoms with E-state index in [0.717, 1.165) is 44.1 Å². The minimum Gasteiger partial charge on any atom is -0.355 e. The van der Waals surface area contributed by atoms with Crippen molar-refractivity contribution in [2.45, 2.75) is 33.1 Å². The molecule has 0 aromatic carbocycles. The highest BCUT2D eigenvalue weighted by atomic mass is 15.2. The van der Waals surface area contributed by atoms with Gasteiger partial charge in [-0.3, -0.25) is 0 Å². The number of piperidine rings is 1. The SMILES string of the molecule is CCCN(CC1CCNCC1)c1nc(C)ccc1C#N. The van der Waals surface area contributed by atoms with Crippen molar-refractivity contribution in [3.63, 3.8) is 0 Å². The largest absolute Gasteiger partial charge is 0.355 e. The quantitative estimate of drug-likeness (QED) is 0.894. The average Bonchev–Trinajstić information content (AvgIpc) is 2.48. The molecule has 4 nitrogen and oxygen atoms in total. The van der Waals surface area contributed by atoms with E-state index in [1.807, 2.05) is 19.1 Å². The van der Waals surface area contributed by atoms with Gasteiger partial charge in [-0.25, -0.2) is 4.98 Å². The van der Waals surface area contributed by atoms with Gasteiger partial charge in [0.15, 0.2) is 0 Å². The minimum atomic E-state index is 0.693. The van der Waals surface area contributed by atoms with Gasteiger partial charge < -0.3 is 10.2 Å². The van der Waals surface area contributed by atoms with E-state index in [9.17, 15) is 5.26 Å². The van der Waals surface area contributed by atoms with E-state index in [1.54, 1.807) is 0 Å². The Morgan fingerprint density at radius 3 is 2.80 bits per heavy atom. The number of hydrogen-bond acceptors (Lipinski definition) is 4. The molecule has 0 radical (unpaired) electrons. The number of rotatable bonds is 5. The topological polar surface area (TPSA) is 52.0 Å². The van der Waals surface area contributed by atoms with Gasteiger partial charge in [0.1, 0.15) is 11.9 Å². The van der Waals surface area contributed by atoms with Crippen LogP contribution in [0.1, 0.15) is 37.4 Å². The molecule has 1 aromatic rings. The summed E-state index contributed by atoms with van der Waals surface area (Å²) in [6.07, 6.45) is 3.51. The molecule has 0 aliphatic carbocycles. The fourth-order valence-electron chi connectivity index (χ4n) is 2.80. The Morgan fingerprint density at radius 1 is 1.40 bits per heavy atom. The van der Waals surface area contributed by atoms with E-state index in [2.05, 4.69) is 28.2 Å². The maximum Gasteiger partial charge on any atom is 0.146 e. The maximum atomic E-state index is 9.31. The lowest BCUT2D eigenvalue weighted by atomic mass is 9.97. The highest BCUT2D eigenvalue weighted by Gasteiger charge is 2.19. The fraction of sp³-hybridized carbons (Fsp3) is 0.625. The summed E-state index contributed by atoms with van der Waals surface area (Å²) in [6.45, 7) is 8.36. The van der Waals surface area contributed by atoms with Crippen LogP contribution >= 0.6 is 0 Å². The molecule has 1 aliphatic rings. The Morgan fingerprint density at radius 2 is 2.15 bits per heavy atom. The summed E-state index contributed by atoms with van der Waals surface area (Å²) >= 11 is 0. The second kappa shape index (κ2) is 7.25. The number of pyridine rings is 1. The molecular formula is C16H24N4. The summed E-state index contributed by atoms with van der Waals surface area (Å²) in [5.74, 6) is 1.57. The van der Waals surface area contributed by atoms with Crippen molar-refractivity contribution < 1.29 is 0 Å². The standard InChI is InChI=1S/C16H24N4/c1-3-10-20(12-14-6-8-18-9-7-14)16-15(11-17)5-4-13(2)19-16/h4-5,14,18H,3,6-10,12H2,1-2H3. The van der Waals surface area contributed by atoms with Crippen molar-refractivity contribution in [3.8, 4) is 6.07 Å². The van der Waals surface area contributed by atoms with Crippen molar-refractivity contribution in [2.75, 3.05) is 31.1 Å². The molecule has 2 rings (SSSR count). The molecule has 1 aliphatic heterocycles. The molecule has 20 heavy (non-hydrogen) atoms. The van der Waals surface area contributed by atoms with Crippen LogP contribution in [-0.2, 0) is 0 Å². The molecule has 0 spiro atoms. The molecule has 0 bridgehead atoms. The lowest BCUT2D eigenvalue weighted by molar-refractivity contribution is 0.372. The van der Waals surface area contributed by atoms with E-state index in [1.165, 1.54) is 12.8 Å². The van der Waals surface area contributed by atoms with Crippen LogP contribution in [-0.4, -0.2) is 31.2 Å². The van der Waals surface area contributed by atoms with E-state index < -0.39 is 0 Å². The summed E-state index contributed by atoms with van der Waals surface area (Å²) in [5.41, 5.74) is 1.67. The molecule has 0 amide bonds. The molecule has 2 heterocycles. The first-order valence-corrected chi connectivity index (χ1v) is 7.58. The van der Waals surface area contributed by atoms with Gasteiger partial charge >= 0.3 is 0 Å². The van der Waals surface area contributed by atoms with Crippen LogP contribution in [0.5, 0.6) is 0 Å². The highest BCUT2D eigenvalue weighted by Crippen LogP contribution is 2.22. The van der Waals surface area contributed by atoms with Crippen LogP contribution in [0.3, 0.4) is 0 Å². The first kappa shape index (κ1) is 14.8. The molecule has 4 heteroatoms. The van der Waals surface area contributed by atoms with Crippen LogP contribution < -0.4 is 10.2 Å². The minimum absolute atomic E-state index is 0.693. The van der Waals surface area contributed by atoms with Crippen molar-refractivity contribution >= 4 is 5.82 Å². The number of nitrogens with one attached hydrogen (secondary N) is 1. The molecule has 1 fully saturated rings. The lowest BCUT2D eigenvalue weighted by Crippen LogP contribution is -2.37. The predicted molar refractivity (Wildman–Crippen MR) is 81.8 cm³/mol. The third kappa shape index (κ3) is 3.71. The Labute approximate surface area is 121 Å². The van der Waals surface area contributed by atoms with Gasteiger partial charge in [-0.1, -0.05) is 6.92 Å². The summed E-state index contributed by atoms with van der Waals surface area (Å²) in [5, 5.41) is 12.7. The third-order valence-corrected chi connectivity index (χ3v) is 3.87. The van der Waals surface area contributed by atoms with Crippen molar-refractivity contribution in [1.29, 1.82) is 5.26 Å². The zero-order valence-electron chi connectivity index (χ0n) is 12.5. The maximum absolute atomic E-state index is 9.31. The van der Waals surface area contributed by atoms with Gasteiger partial charge in [0.05, 0.1) is 5.56 Å². The zero-order valence-corrected chi connectivity index (χ0v) is 12.5. The Bertz CT molecular complexity index is 472. The Kier molecular flexibility index (Phi) is 5.37. The normalized spacial score (nSPS) is 15.8. The van der Waals surface area contributed by atoms with Gasteiger partial charge in [0, 0.05) is 18.8 Å². The first-order valence-electron chi connectivity index (χ1n) is 7.58. The first-order chi connectivity index (χ1) is 9.74. The van der Waals surface area contributed by atoms with Crippen molar-refractivity contribution in [1.82, 2.24) is 10.3 Å². The molecular weight excluding hydrogens is 248 g/mol. The zero-order chi connectivity index (χ0) is 14.4. The lowest BCUT2D eigenvalue weighted by Gasteiger charge is -2.31. The number of aromatic nitrogens is 1. The fourth-order valence-corrected chi connectivity index (χ4v) is 2.80. The predicted octanol–water partition coefficient (Wildman–Crippen LogP) is 2.48. The van der Waals surface area contributed by atoms with Crippen molar-refractivity contribution in [3.05, 3.63) is 23.4 Å². The summed E-state index contributed by atoms with van der Waals surface area (Å²) in [6, 6.07) is 6.09. The van der Waals surface area contributed by atoms with Crippen LogP contribution in [0.4, 0.5) is 5.82 Å². The molecule has 0 unspecified atom stereocenters. The number of hydrogen-bond donors (Lipinski definition) is 1. The smallest absolute Gasteiger partial charge is 0.146 e. The molecule has 108 valence electrons. The molecule has 1 N–H and O–H groups in total. The van der Waals surface area contributed by atoms with Crippen molar-refractivity contribution in [2.24, 2.45) is 5.92 Å². The van der Waals surface area contributed by atoms with Gasteiger partial charge in [0.25, 0.3) is 0 Å². The van der Waals surface area contributed by atoms with Crippen LogP contribution in [0.2, 0.25) is 0 Å². The van der Waals surface area contributed by atoms with Gasteiger partial charge in [-0.05, 0) is 57.3 Å². The van der Waals surface area contributed by atoms with Crippen LogP contribution in [0, 0.1) is 24.2 Å². The summed E-state index contributed by atoms with van der Waals surface area (Å²) < 4.78 is 0. The van der Waals surface area contributed by atoms with E-state index in [-0.39, 0.29) is 0 Å². The van der Waals surface area contributed by atoms with Gasteiger partial charge in [-0.15, -0.1) is 0 Å². The molecule has 0 atom stereocenters. The second-order valence-corrected chi connectivity index (χ2v) is 5.57. The molecule has 1 saturated heterocycles. The highest BCUT2D eigenvalue weighted by molar-refractivity contribution is 5.54.